The summed E-state index contributed by atoms with van der Waals surface area (Å²) >= 11 is 7.65. The molecule has 3 rings (SSSR count). The predicted octanol–water partition coefficient (Wildman–Crippen LogP) is 4.12. The van der Waals surface area contributed by atoms with Gasteiger partial charge in [0.15, 0.2) is 0 Å². The van der Waals surface area contributed by atoms with Gasteiger partial charge in [-0.3, -0.25) is 0 Å². The van der Waals surface area contributed by atoms with Crippen LogP contribution >= 0.6 is 22.9 Å². The minimum Gasteiger partial charge on any atom is -0.399 e. The zero-order valence-electron chi connectivity index (χ0n) is 9.56. The highest BCUT2D eigenvalue weighted by molar-refractivity contribution is 7.18. The lowest BCUT2D eigenvalue weighted by Crippen LogP contribution is -1.86. The third-order valence-electron chi connectivity index (χ3n) is 2.70. The number of fused-ring (bicyclic) bond motifs is 1. The minimum absolute atomic E-state index is 0.762. The summed E-state index contributed by atoms with van der Waals surface area (Å²) in [6, 6.07) is 13.7. The van der Waals surface area contributed by atoms with Gasteiger partial charge in [-0.25, -0.2) is 4.98 Å². The monoisotopic (exact) mass is 274 g/mol. The van der Waals surface area contributed by atoms with E-state index in [0.29, 0.717) is 0 Å². The Kier molecular flexibility index (Phi) is 2.94. The summed E-state index contributed by atoms with van der Waals surface area (Å²) in [5.74, 6) is 0. The number of nitrogen functional groups attached to an aromatic ring is 1. The fourth-order valence-corrected chi connectivity index (χ4v) is 3.15. The standard InChI is InChI=1S/C14H11ClN2S/c15-10-3-1-2-9(6-10)7-14-17-12-5-4-11(16)8-13(12)18-14/h1-6,8H,7,16H2. The first-order chi connectivity index (χ1) is 8.70. The largest absolute Gasteiger partial charge is 0.399 e. The lowest BCUT2D eigenvalue weighted by Gasteiger charge is -1.97. The first-order valence-electron chi connectivity index (χ1n) is 5.60. The molecule has 0 bridgehead atoms. The van der Waals surface area contributed by atoms with Crippen molar-refractivity contribution in [2.24, 2.45) is 0 Å². The highest BCUT2D eigenvalue weighted by Gasteiger charge is 2.05. The number of hydrogen-bond acceptors (Lipinski definition) is 3. The van der Waals surface area contributed by atoms with E-state index in [0.717, 1.165) is 32.4 Å². The molecule has 2 N–H and O–H groups in total. The summed E-state index contributed by atoms with van der Waals surface area (Å²) in [6.07, 6.45) is 0.805. The number of rotatable bonds is 2. The Morgan fingerprint density at radius 1 is 1.17 bits per heavy atom. The van der Waals surface area contributed by atoms with Crippen LogP contribution in [0, 0.1) is 0 Å². The van der Waals surface area contributed by atoms with Crippen LogP contribution in [0.5, 0.6) is 0 Å². The van der Waals surface area contributed by atoms with Gasteiger partial charge in [-0.1, -0.05) is 23.7 Å². The van der Waals surface area contributed by atoms with Crippen molar-refractivity contribution < 1.29 is 0 Å². The molecular formula is C14H11ClN2S. The maximum Gasteiger partial charge on any atom is 0.0982 e. The summed E-state index contributed by atoms with van der Waals surface area (Å²) in [5, 5.41) is 1.84. The fourth-order valence-electron chi connectivity index (χ4n) is 1.89. The van der Waals surface area contributed by atoms with Gasteiger partial charge in [-0.2, -0.15) is 0 Å². The summed E-state index contributed by atoms with van der Waals surface area (Å²) in [5.41, 5.74) is 8.73. The van der Waals surface area contributed by atoms with Gasteiger partial charge < -0.3 is 5.73 Å². The normalized spacial score (nSPS) is 10.9. The molecule has 0 fully saturated rings. The van der Waals surface area contributed by atoms with E-state index in [1.165, 1.54) is 5.56 Å². The van der Waals surface area contributed by atoms with Crippen molar-refractivity contribution in [3.8, 4) is 0 Å². The van der Waals surface area contributed by atoms with Crippen LogP contribution in [-0.4, -0.2) is 4.98 Å². The number of nitrogens with zero attached hydrogens (tertiary/aromatic N) is 1. The first kappa shape index (κ1) is 11.5. The van der Waals surface area contributed by atoms with E-state index >= 15 is 0 Å². The Hall–Kier alpha value is -1.58. The van der Waals surface area contributed by atoms with E-state index < -0.39 is 0 Å². The molecule has 1 aromatic heterocycles. The van der Waals surface area contributed by atoms with Gasteiger partial charge in [0.05, 0.1) is 15.2 Å². The minimum atomic E-state index is 0.762. The topological polar surface area (TPSA) is 38.9 Å². The number of halogens is 1. The molecule has 0 aliphatic carbocycles. The number of nitrogens with two attached hydrogens (primary N) is 1. The molecule has 0 spiro atoms. The van der Waals surface area contributed by atoms with E-state index in [1.54, 1.807) is 11.3 Å². The lowest BCUT2D eigenvalue weighted by atomic mass is 10.2. The molecule has 0 aliphatic heterocycles. The molecule has 90 valence electrons. The highest BCUT2D eigenvalue weighted by Crippen LogP contribution is 2.26. The molecule has 0 saturated heterocycles. The van der Waals surface area contributed by atoms with Crippen LogP contribution in [0.3, 0.4) is 0 Å². The van der Waals surface area contributed by atoms with Crippen molar-refractivity contribution in [3.05, 3.63) is 58.1 Å². The van der Waals surface area contributed by atoms with Crippen LogP contribution in [0.15, 0.2) is 42.5 Å². The van der Waals surface area contributed by atoms with E-state index in [4.69, 9.17) is 17.3 Å². The van der Waals surface area contributed by atoms with Crippen LogP contribution in [0.1, 0.15) is 10.6 Å². The zero-order chi connectivity index (χ0) is 12.5. The molecule has 0 aliphatic rings. The average Bonchev–Trinajstić information content (AvgIpc) is 2.70. The van der Waals surface area contributed by atoms with Gasteiger partial charge in [0.2, 0.25) is 0 Å². The van der Waals surface area contributed by atoms with Crippen LogP contribution < -0.4 is 5.73 Å². The summed E-state index contributed by atoms with van der Waals surface area (Å²) in [6.45, 7) is 0. The molecule has 0 amide bonds. The molecule has 0 saturated carbocycles. The number of aromatic nitrogens is 1. The number of thiazole rings is 1. The van der Waals surface area contributed by atoms with Gasteiger partial charge in [0.1, 0.15) is 0 Å². The second-order valence-corrected chi connectivity index (χ2v) is 5.69. The summed E-state index contributed by atoms with van der Waals surface area (Å²) in [4.78, 5) is 4.60. The molecule has 18 heavy (non-hydrogen) atoms. The lowest BCUT2D eigenvalue weighted by molar-refractivity contribution is 1.16. The van der Waals surface area contributed by atoms with Crippen molar-refractivity contribution in [1.82, 2.24) is 4.98 Å². The van der Waals surface area contributed by atoms with Gasteiger partial charge in [-0.15, -0.1) is 11.3 Å². The Morgan fingerprint density at radius 2 is 2.06 bits per heavy atom. The van der Waals surface area contributed by atoms with E-state index in [9.17, 15) is 0 Å². The molecule has 2 aromatic carbocycles. The Morgan fingerprint density at radius 3 is 2.89 bits per heavy atom. The SMILES string of the molecule is Nc1ccc2nc(Cc3cccc(Cl)c3)sc2c1. The fraction of sp³-hybridized carbons (Fsp3) is 0.0714. The van der Waals surface area contributed by atoms with Crippen LogP contribution in [-0.2, 0) is 6.42 Å². The Bertz CT molecular complexity index is 706. The maximum absolute atomic E-state index is 5.98. The second-order valence-electron chi connectivity index (χ2n) is 4.14. The molecule has 0 unspecified atom stereocenters. The highest BCUT2D eigenvalue weighted by atomic mass is 35.5. The van der Waals surface area contributed by atoms with E-state index in [2.05, 4.69) is 11.1 Å². The van der Waals surface area contributed by atoms with E-state index in [-0.39, 0.29) is 0 Å². The smallest absolute Gasteiger partial charge is 0.0982 e. The van der Waals surface area contributed by atoms with Crippen molar-refractivity contribution in [1.29, 1.82) is 0 Å². The van der Waals surface area contributed by atoms with Crippen molar-refractivity contribution in [2.45, 2.75) is 6.42 Å². The van der Waals surface area contributed by atoms with Crippen LogP contribution in [0.4, 0.5) is 5.69 Å². The third kappa shape index (κ3) is 2.33. The molecular weight excluding hydrogens is 264 g/mol. The van der Waals surface area contributed by atoms with Crippen molar-refractivity contribution >= 4 is 38.8 Å². The average molecular weight is 275 g/mol. The zero-order valence-corrected chi connectivity index (χ0v) is 11.1. The number of hydrogen-bond donors (Lipinski definition) is 1. The predicted molar refractivity (Wildman–Crippen MR) is 78.3 cm³/mol. The van der Waals surface area contributed by atoms with Crippen molar-refractivity contribution in [3.63, 3.8) is 0 Å². The molecule has 2 nitrogen and oxygen atoms in total. The Labute approximate surface area is 114 Å². The van der Waals surface area contributed by atoms with Crippen LogP contribution in [0.2, 0.25) is 5.02 Å². The maximum atomic E-state index is 5.98. The third-order valence-corrected chi connectivity index (χ3v) is 3.95. The molecule has 4 heteroatoms. The van der Waals surface area contributed by atoms with E-state index in [1.807, 2.05) is 36.4 Å². The quantitative estimate of drug-likeness (QED) is 0.714. The van der Waals surface area contributed by atoms with Gasteiger partial charge in [0.25, 0.3) is 0 Å². The van der Waals surface area contributed by atoms with Gasteiger partial charge in [-0.05, 0) is 35.9 Å². The molecule has 3 aromatic rings. The summed E-state index contributed by atoms with van der Waals surface area (Å²) < 4.78 is 1.13. The van der Waals surface area contributed by atoms with Crippen molar-refractivity contribution in [2.75, 3.05) is 5.73 Å². The number of anilines is 1. The van der Waals surface area contributed by atoms with Gasteiger partial charge >= 0.3 is 0 Å². The first-order valence-corrected chi connectivity index (χ1v) is 6.79. The van der Waals surface area contributed by atoms with Crippen LogP contribution in [0.25, 0.3) is 10.2 Å². The molecule has 0 atom stereocenters. The summed E-state index contributed by atoms with van der Waals surface area (Å²) in [7, 11) is 0. The number of benzene rings is 2. The van der Waals surface area contributed by atoms with Gasteiger partial charge in [0, 0.05) is 17.1 Å². The Balaban J connectivity index is 1.95. The molecule has 1 heterocycles. The molecule has 0 radical (unpaired) electrons. The second kappa shape index (κ2) is 4.59.